The van der Waals surface area contributed by atoms with Crippen LogP contribution in [-0.2, 0) is 0 Å². The molecule has 0 saturated heterocycles. The van der Waals surface area contributed by atoms with E-state index in [4.69, 9.17) is 10.8 Å². The van der Waals surface area contributed by atoms with E-state index in [0.29, 0.717) is 15.7 Å². The molecule has 0 radical (unpaired) electrons. The van der Waals surface area contributed by atoms with Gasteiger partial charge in [-0.25, -0.2) is 0 Å². The molecule has 4 nitrogen and oxygen atoms in total. The van der Waals surface area contributed by atoms with Crippen molar-refractivity contribution in [1.82, 2.24) is 0 Å². The molecule has 0 heterocycles. The molecular formula is C7H3BrN4. The number of hydrogen-bond acceptors (Lipinski definition) is 2. The van der Waals surface area contributed by atoms with E-state index in [1.165, 1.54) is 0 Å². The maximum Gasteiger partial charge on any atom is 0.101 e. The quantitative estimate of drug-likeness (QED) is 0.409. The van der Waals surface area contributed by atoms with Crippen molar-refractivity contribution >= 4 is 21.6 Å². The zero-order valence-corrected chi connectivity index (χ0v) is 7.48. The molecule has 12 heavy (non-hydrogen) atoms. The average molecular weight is 223 g/mol. The van der Waals surface area contributed by atoms with Crippen LogP contribution in [0.3, 0.4) is 0 Å². The first-order chi connectivity index (χ1) is 5.79. The third kappa shape index (κ3) is 1.56. The summed E-state index contributed by atoms with van der Waals surface area (Å²) in [5.41, 5.74) is 8.86. The first kappa shape index (κ1) is 8.60. The number of hydrogen-bond donors (Lipinski definition) is 0. The maximum atomic E-state index is 8.66. The summed E-state index contributed by atoms with van der Waals surface area (Å²) in [4.78, 5) is 2.61. The van der Waals surface area contributed by atoms with E-state index in [1.54, 1.807) is 18.2 Å². The molecule has 0 atom stereocenters. The molecule has 5 heteroatoms. The summed E-state index contributed by atoms with van der Waals surface area (Å²) in [7, 11) is 0. The van der Waals surface area contributed by atoms with E-state index < -0.39 is 0 Å². The number of nitrogens with zero attached hydrogens (tertiary/aromatic N) is 4. The molecule has 0 aliphatic rings. The molecule has 0 saturated carbocycles. The van der Waals surface area contributed by atoms with E-state index in [9.17, 15) is 0 Å². The molecule has 0 aliphatic carbocycles. The average Bonchev–Trinajstić information content (AvgIpc) is 2.05. The highest BCUT2D eigenvalue weighted by Gasteiger charge is 2.02. The van der Waals surface area contributed by atoms with Gasteiger partial charge >= 0.3 is 0 Å². The summed E-state index contributed by atoms with van der Waals surface area (Å²) in [6, 6.07) is 6.94. The highest BCUT2D eigenvalue weighted by molar-refractivity contribution is 9.10. The molecule has 0 fully saturated rings. The van der Waals surface area contributed by atoms with Crippen molar-refractivity contribution in [2.24, 2.45) is 5.11 Å². The van der Waals surface area contributed by atoms with Crippen molar-refractivity contribution in [3.05, 3.63) is 38.7 Å². The number of benzene rings is 1. The monoisotopic (exact) mass is 222 g/mol. The molecule has 0 bridgehead atoms. The van der Waals surface area contributed by atoms with Crippen LogP contribution in [0.25, 0.3) is 10.4 Å². The van der Waals surface area contributed by atoms with E-state index in [-0.39, 0.29) is 0 Å². The second-order valence-corrected chi connectivity index (χ2v) is 2.79. The largest absolute Gasteiger partial charge is 0.192 e. The molecule has 0 unspecified atom stereocenters. The van der Waals surface area contributed by atoms with E-state index in [1.807, 2.05) is 6.07 Å². The van der Waals surface area contributed by atoms with Crippen LogP contribution in [0.4, 0.5) is 5.69 Å². The SMILES string of the molecule is N#Cc1c(Br)cccc1N=[N+]=[N-]. The van der Waals surface area contributed by atoms with Crippen molar-refractivity contribution in [1.29, 1.82) is 5.26 Å². The minimum Gasteiger partial charge on any atom is -0.192 e. The van der Waals surface area contributed by atoms with Gasteiger partial charge in [0.15, 0.2) is 0 Å². The Kier molecular flexibility index (Phi) is 2.70. The van der Waals surface area contributed by atoms with Crippen molar-refractivity contribution in [2.75, 3.05) is 0 Å². The van der Waals surface area contributed by atoms with Gasteiger partial charge in [0.2, 0.25) is 0 Å². The Balaban J connectivity index is 3.39. The second-order valence-electron chi connectivity index (χ2n) is 1.94. The van der Waals surface area contributed by atoms with E-state index in [0.717, 1.165) is 0 Å². The Hall–Kier alpha value is -1.50. The standard InChI is InChI=1S/C7H3BrN4/c8-6-2-1-3-7(11-12-10)5(6)4-9/h1-3H. The third-order valence-electron chi connectivity index (χ3n) is 1.26. The van der Waals surface area contributed by atoms with Crippen molar-refractivity contribution in [3.8, 4) is 6.07 Å². The topological polar surface area (TPSA) is 72.5 Å². The molecule has 0 amide bonds. The zero-order valence-electron chi connectivity index (χ0n) is 5.90. The Labute approximate surface area is 77.2 Å². The van der Waals surface area contributed by atoms with Crippen molar-refractivity contribution in [3.63, 3.8) is 0 Å². The molecule has 0 spiro atoms. The fourth-order valence-electron chi connectivity index (χ4n) is 0.755. The second kappa shape index (κ2) is 3.77. The predicted octanol–water partition coefficient (Wildman–Crippen LogP) is 3.26. The highest BCUT2D eigenvalue weighted by atomic mass is 79.9. The summed E-state index contributed by atoms with van der Waals surface area (Å²) in [5.74, 6) is 0. The van der Waals surface area contributed by atoms with Crippen LogP contribution in [0, 0.1) is 11.3 Å². The lowest BCUT2D eigenvalue weighted by Crippen LogP contribution is -1.76. The number of halogens is 1. The molecule has 0 aromatic heterocycles. The van der Waals surface area contributed by atoms with Gasteiger partial charge in [0.05, 0.1) is 11.3 Å². The van der Waals surface area contributed by atoms with Gasteiger partial charge in [0.1, 0.15) is 6.07 Å². The lowest BCUT2D eigenvalue weighted by molar-refractivity contribution is 1.40. The fraction of sp³-hybridized carbons (Fsp3) is 0. The normalized spacial score (nSPS) is 8.33. The number of rotatable bonds is 1. The van der Waals surface area contributed by atoms with Crippen LogP contribution in [0.15, 0.2) is 27.8 Å². The summed E-state index contributed by atoms with van der Waals surface area (Å²) in [6.07, 6.45) is 0. The number of azide groups is 1. The van der Waals surface area contributed by atoms with Crippen LogP contribution in [0.2, 0.25) is 0 Å². The Morgan fingerprint density at radius 3 is 2.92 bits per heavy atom. The lowest BCUT2D eigenvalue weighted by atomic mass is 10.2. The van der Waals surface area contributed by atoms with Crippen molar-refractivity contribution < 1.29 is 0 Å². The van der Waals surface area contributed by atoms with Gasteiger partial charge < -0.3 is 0 Å². The summed E-state index contributed by atoms with van der Waals surface area (Å²) in [5, 5.41) is 12.0. The van der Waals surface area contributed by atoms with Crippen LogP contribution < -0.4 is 0 Å². The Morgan fingerprint density at radius 2 is 2.33 bits per heavy atom. The lowest BCUT2D eigenvalue weighted by Gasteiger charge is -1.96. The van der Waals surface area contributed by atoms with E-state index >= 15 is 0 Å². The maximum absolute atomic E-state index is 8.66. The predicted molar refractivity (Wildman–Crippen MR) is 47.7 cm³/mol. The first-order valence-electron chi connectivity index (χ1n) is 3.03. The first-order valence-corrected chi connectivity index (χ1v) is 3.82. The van der Waals surface area contributed by atoms with Crippen LogP contribution in [0.5, 0.6) is 0 Å². The molecule has 1 rings (SSSR count). The van der Waals surface area contributed by atoms with Crippen LogP contribution in [-0.4, -0.2) is 0 Å². The molecule has 1 aromatic rings. The molecule has 58 valence electrons. The minimum atomic E-state index is 0.342. The summed E-state index contributed by atoms with van der Waals surface area (Å²) in [6.45, 7) is 0. The Bertz CT molecular complexity index is 387. The van der Waals surface area contributed by atoms with Gasteiger partial charge in [-0.05, 0) is 27.5 Å². The molecule has 0 aliphatic heterocycles. The van der Waals surface area contributed by atoms with E-state index in [2.05, 4.69) is 26.0 Å². The Morgan fingerprint density at radius 1 is 1.58 bits per heavy atom. The summed E-state index contributed by atoms with van der Waals surface area (Å²) < 4.78 is 0.634. The van der Waals surface area contributed by atoms with Crippen molar-refractivity contribution in [2.45, 2.75) is 0 Å². The van der Waals surface area contributed by atoms with Gasteiger partial charge in [0.25, 0.3) is 0 Å². The molecule has 1 aromatic carbocycles. The smallest absolute Gasteiger partial charge is 0.101 e. The number of nitriles is 1. The fourth-order valence-corrected chi connectivity index (χ4v) is 1.20. The van der Waals surface area contributed by atoms with Gasteiger partial charge in [-0.1, -0.05) is 17.2 Å². The van der Waals surface area contributed by atoms with Crippen LogP contribution >= 0.6 is 15.9 Å². The zero-order chi connectivity index (χ0) is 8.97. The van der Waals surface area contributed by atoms with Gasteiger partial charge in [-0.15, -0.1) is 0 Å². The van der Waals surface area contributed by atoms with Gasteiger partial charge in [0, 0.05) is 9.38 Å². The molecular weight excluding hydrogens is 220 g/mol. The highest BCUT2D eigenvalue weighted by Crippen LogP contribution is 2.25. The molecule has 0 N–H and O–H groups in total. The van der Waals surface area contributed by atoms with Gasteiger partial charge in [-0.2, -0.15) is 5.26 Å². The van der Waals surface area contributed by atoms with Crippen LogP contribution in [0.1, 0.15) is 5.56 Å². The third-order valence-corrected chi connectivity index (χ3v) is 1.92. The minimum absolute atomic E-state index is 0.342. The van der Waals surface area contributed by atoms with Gasteiger partial charge in [-0.3, -0.25) is 0 Å². The summed E-state index contributed by atoms with van der Waals surface area (Å²) >= 11 is 3.17.